The third kappa shape index (κ3) is 6.14. The topological polar surface area (TPSA) is 120 Å². The second-order valence-electron chi connectivity index (χ2n) is 9.95. The first-order valence-electron chi connectivity index (χ1n) is 13.4. The maximum atomic E-state index is 14.5. The van der Waals surface area contributed by atoms with Crippen LogP contribution in [0.2, 0.25) is 10.0 Å². The fourth-order valence-corrected chi connectivity index (χ4v) is 5.76. The molecule has 2 aliphatic rings. The van der Waals surface area contributed by atoms with Crippen molar-refractivity contribution in [2.75, 3.05) is 26.3 Å². The van der Waals surface area contributed by atoms with Gasteiger partial charge in [0.1, 0.15) is 5.75 Å². The van der Waals surface area contributed by atoms with E-state index in [2.05, 4.69) is 10.0 Å². The van der Waals surface area contributed by atoms with Gasteiger partial charge >= 0.3 is 0 Å². The molecule has 0 unspecified atom stereocenters. The first-order valence-corrected chi connectivity index (χ1v) is 14.2. The number of halogens is 2. The van der Waals surface area contributed by atoms with Crippen LogP contribution in [-0.4, -0.2) is 53.7 Å². The van der Waals surface area contributed by atoms with Crippen LogP contribution in [-0.2, 0) is 16.0 Å². The van der Waals surface area contributed by atoms with Crippen molar-refractivity contribution in [1.82, 2.24) is 4.90 Å². The van der Waals surface area contributed by atoms with E-state index in [1.165, 1.54) is 0 Å². The Morgan fingerprint density at radius 1 is 1.15 bits per heavy atom. The van der Waals surface area contributed by atoms with Gasteiger partial charge in [-0.2, -0.15) is 0 Å². The number of aliphatic hydroxyl groups excluding tert-OH is 1. The molecule has 0 saturated carbocycles. The zero-order valence-corrected chi connectivity index (χ0v) is 23.8. The quantitative estimate of drug-likeness (QED) is 0.120. The number of amides is 1. The highest BCUT2D eigenvalue weighted by Gasteiger charge is 2.55. The van der Waals surface area contributed by atoms with Gasteiger partial charge in [0.2, 0.25) is 5.90 Å². The summed E-state index contributed by atoms with van der Waals surface area (Å²) in [5, 5.41) is 13.7. The molecule has 1 saturated heterocycles. The molecule has 9 nitrogen and oxygen atoms in total. The second-order valence-corrected chi connectivity index (χ2v) is 10.8. The van der Waals surface area contributed by atoms with Crippen LogP contribution in [0.15, 0.2) is 76.8 Å². The van der Waals surface area contributed by atoms with Gasteiger partial charge in [0.15, 0.2) is 11.6 Å². The summed E-state index contributed by atoms with van der Waals surface area (Å²) >= 11 is 12.9. The number of rotatable bonds is 10. The monoisotopic (exact) mass is 593 g/mol. The first-order chi connectivity index (χ1) is 19.9. The average molecular weight is 594 g/mol. The van der Waals surface area contributed by atoms with E-state index in [1.54, 1.807) is 42.5 Å². The Bertz CT molecular complexity index is 1490. The summed E-state index contributed by atoms with van der Waals surface area (Å²) in [5.41, 5.74) is 10.1. The minimum Gasteiger partial charge on any atom is -0.494 e. The Kier molecular flexibility index (Phi) is 9.00. The lowest BCUT2D eigenvalue weighted by molar-refractivity contribution is -0.138. The van der Waals surface area contributed by atoms with Crippen LogP contribution >= 0.6 is 23.2 Å². The van der Waals surface area contributed by atoms with Crippen molar-refractivity contribution in [3.05, 3.63) is 104 Å². The predicted octanol–water partition coefficient (Wildman–Crippen LogP) is 6.82. The number of aliphatic imine (C=N–C) groups is 1. The van der Waals surface area contributed by atoms with Crippen LogP contribution in [0.3, 0.4) is 0 Å². The number of likely N-dealkylation sites (tertiary alicyclic amines) is 1. The minimum atomic E-state index is -1.44. The van der Waals surface area contributed by atoms with Gasteiger partial charge in [-0.25, -0.2) is 4.99 Å². The molecule has 2 heterocycles. The Balaban J connectivity index is 1.64. The van der Waals surface area contributed by atoms with Crippen LogP contribution in [0, 0.1) is 0 Å². The lowest BCUT2D eigenvalue weighted by atomic mass is 9.81. The number of carbonyl (C=O) groups excluding carboxylic acids is 1. The molecule has 2 aliphatic heterocycles. The van der Waals surface area contributed by atoms with Gasteiger partial charge in [0, 0.05) is 64.3 Å². The Labute approximate surface area is 247 Å². The van der Waals surface area contributed by atoms with Crippen LogP contribution in [0.1, 0.15) is 42.1 Å². The van der Waals surface area contributed by atoms with Gasteiger partial charge in [-0.1, -0.05) is 58.6 Å². The van der Waals surface area contributed by atoms with Crippen LogP contribution in [0.25, 0.3) is 10.4 Å². The van der Waals surface area contributed by atoms with Crippen LogP contribution in [0.5, 0.6) is 5.75 Å². The third-order valence-electron chi connectivity index (χ3n) is 7.25. The van der Waals surface area contributed by atoms with Crippen molar-refractivity contribution in [3.8, 4) is 5.75 Å². The van der Waals surface area contributed by atoms with E-state index < -0.39 is 11.6 Å². The van der Waals surface area contributed by atoms with Crippen molar-refractivity contribution < 1.29 is 19.4 Å². The van der Waals surface area contributed by atoms with E-state index >= 15 is 0 Å². The molecular formula is C30H29Cl2N5O4. The summed E-state index contributed by atoms with van der Waals surface area (Å²) in [6.07, 6.45) is 1.57. The summed E-state index contributed by atoms with van der Waals surface area (Å²) in [6.45, 7) is 1.67. The summed E-state index contributed by atoms with van der Waals surface area (Å²) in [5.74, 6) is 0.748. The van der Waals surface area contributed by atoms with E-state index in [9.17, 15) is 10.3 Å². The summed E-state index contributed by atoms with van der Waals surface area (Å²) in [7, 11) is 0. The normalized spacial score (nSPS) is 19.8. The molecule has 0 aliphatic carbocycles. The molecule has 41 heavy (non-hydrogen) atoms. The molecule has 3 aromatic rings. The number of azide groups is 1. The second kappa shape index (κ2) is 12.8. The number of aliphatic hydroxyl groups is 1. The fraction of sp³-hybridized carbons (Fsp3) is 0.333. The van der Waals surface area contributed by atoms with Crippen molar-refractivity contribution in [1.29, 1.82) is 0 Å². The molecule has 1 N–H and O–H groups in total. The van der Waals surface area contributed by atoms with E-state index in [-0.39, 0.29) is 24.8 Å². The number of benzene rings is 3. The summed E-state index contributed by atoms with van der Waals surface area (Å²) in [6, 6.07) is 19.5. The molecule has 0 aromatic heterocycles. The first kappa shape index (κ1) is 28.8. The molecule has 3 aromatic carbocycles. The largest absolute Gasteiger partial charge is 0.494 e. The number of hydrogen-bond acceptors (Lipinski definition) is 6. The van der Waals surface area contributed by atoms with Crippen molar-refractivity contribution in [2.45, 2.75) is 37.3 Å². The predicted molar refractivity (Wildman–Crippen MR) is 158 cm³/mol. The zero-order chi connectivity index (χ0) is 28.8. The minimum absolute atomic E-state index is 0.0489. The van der Waals surface area contributed by atoms with E-state index in [1.807, 2.05) is 29.2 Å². The molecule has 5 rings (SSSR count). The zero-order valence-electron chi connectivity index (χ0n) is 22.2. The molecule has 0 spiro atoms. The SMILES string of the molecule is [N-]=[N+]=Nc1ccccc1C[C@@]1(C(=O)N2CCCC2)N=C(c2ccc(OCCCO)cc2)O[C@@H]1c1ccc(Cl)cc1Cl. The van der Waals surface area contributed by atoms with Gasteiger partial charge in [-0.05, 0) is 60.3 Å². The van der Waals surface area contributed by atoms with Gasteiger partial charge in [0.25, 0.3) is 5.91 Å². The fourth-order valence-electron chi connectivity index (χ4n) is 5.25. The molecule has 1 amide bonds. The number of ether oxygens (including phenoxy) is 2. The molecular weight excluding hydrogens is 565 g/mol. The van der Waals surface area contributed by atoms with Crippen molar-refractivity contribution in [2.24, 2.45) is 10.1 Å². The van der Waals surface area contributed by atoms with E-state index in [0.29, 0.717) is 64.3 Å². The summed E-state index contributed by atoms with van der Waals surface area (Å²) < 4.78 is 12.2. The average Bonchev–Trinajstić information content (AvgIpc) is 3.64. The Morgan fingerprint density at radius 3 is 2.61 bits per heavy atom. The van der Waals surface area contributed by atoms with Crippen LogP contribution in [0.4, 0.5) is 5.69 Å². The van der Waals surface area contributed by atoms with Gasteiger partial charge in [-0.3, -0.25) is 4.79 Å². The Morgan fingerprint density at radius 2 is 1.90 bits per heavy atom. The highest BCUT2D eigenvalue weighted by molar-refractivity contribution is 6.35. The molecule has 212 valence electrons. The standard InChI is InChI=1S/C30H29Cl2N5O4/c31-22-10-13-24(25(32)18-22)27-30(29(39)37-14-3-4-15-37,19-21-6-1-2-7-26(21)35-36-33)34-28(41-27)20-8-11-23(12-9-20)40-17-5-16-38/h1-2,6-13,18,27,38H,3-5,14-17,19H2/t27-,30-/m1/s1. The van der Waals surface area contributed by atoms with E-state index in [0.717, 1.165) is 12.8 Å². The van der Waals surface area contributed by atoms with E-state index in [4.69, 9.17) is 42.8 Å². The number of nitrogens with zero attached hydrogens (tertiary/aromatic N) is 5. The molecule has 0 radical (unpaired) electrons. The molecule has 2 atom stereocenters. The molecule has 0 bridgehead atoms. The third-order valence-corrected chi connectivity index (χ3v) is 7.81. The maximum absolute atomic E-state index is 14.5. The van der Waals surface area contributed by atoms with Crippen molar-refractivity contribution >= 4 is 40.7 Å². The highest BCUT2D eigenvalue weighted by atomic mass is 35.5. The maximum Gasteiger partial charge on any atom is 0.255 e. The smallest absolute Gasteiger partial charge is 0.255 e. The lowest BCUT2D eigenvalue weighted by Crippen LogP contribution is -2.51. The summed E-state index contributed by atoms with van der Waals surface area (Å²) in [4.78, 5) is 24.4. The lowest BCUT2D eigenvalue weighted by Gasteiger charge is -2.34. The van der Waals surface area contributed by atoms with Gasteiger partial charge < -0.3 is 19.5 Å². The number of hydrogen-bond donors (Lipinski definition) is 1. The molecule has 11 heteroatoms. The number of carbonyl (C=O) groups is 1. The van der Waals surface area contributed by atoms with Crippen molar-refractivity contribution in [3.63, 3.8) is 0 Å². The van der Waals surface area contributed by atoms with Gasteiger partial charge in [-0.15, -0.1) is 0 Å². The van der Waals surface area contributed by atoms with Crippen LogP contribution < -0.4 is 4.74 Å². The molecule has 1 fully saturated rings. The van der Waals surface area contributed by atoms with Gasteiger partial charge in [0.05, 0.1) is 6.61 Å². The highest BCUT2D eigenvalue weighted by Crippen LogP contribution is 2.47. The Hall–Kier alpha value is -3.75.